The zero-order chi connectivity index (χ0) is 24.0. The number of alkyl halides is 3. The predicted molar refractivity (Wildman–Crippen MR) is 109 cm³/mol. The number of methoxy groups -OCH3 is 1. The lowest BCUT2D eigenvalue weighted by atomic mass is 10.1. The van der Waals surface area contributed by atoms with Crippen molar-refractivity contribution in [3.8, 4) is 17.2 Å². The number of carbonyl (C=O) groups excluding carboxylic acids is 2. The number of phenols is 1. The molecule has 0 unspecified atom stereocenters. The van der Waals surface area contributed by atoms with Crippen LogP contribution in [0.1, 0.15) is 17.5 Å². The number of carbonyl (C=O) groups is 2. The summed E-state index contributed by atoms with van der Waals surface area (Å²) in [5, 5.41) is 15.9. The van der Waals surface area contributed by atoms with Gasteiger partial charge in [0.1, 0.15) is 12.7 Å². The lowest BCUT2D eigenvalue weighted by molar-refractivity contribution is -0.147. The van der Waals surface area contributed by atoms with Crippen molar-refractivity contribution in [3.05, 3.63) is 60.2 Å². The van der Waals surface area contributed by atoms with Gasteiger partial charge in [-0.3, -0.25) is 9.59 Å². The smallest absolute Gasteiger partial charge is 0.416 e. The second kappa shape index (κ2) is 10.0. The van der Waals surface area contributed by atoms with Gasteiger partial charge in [0, 0.05) is 6.42 Å². The Morgan fingerprint density at radius 3 is 2.61 bits per heavy atom. The Bertz CT molecular complexity index is 1130. The van der Waals surface area contributed by atoms with Gasteiger partial charge in [-0.2, -0.15) is 18.3 Å². The molecule has 2 N–H and O–H groups in total. The Balaban J connectivity index is 1.60. The van der Waals surface area contributed by atoms with Gasteiger partial charge >= 0.3 is 12.1 Å². The maximum Gasteiger partial charge on any atom is 0.416 e. The van der Waals surface area contributed by atoms with Crippen molar-refractivity contribution in [1.82, 2.24) is 14.8 Å². The maximum atomic E-state index is 13.1. The predicted octanol–water partition coefficient (Wildman–Crippen LogP) is 3.11. The lowest BCUT2D eigenvalue weighted by Gasteiger charge is -2.14. The van der Waals surface area contributed by atoms with Crippen LogP contribution in [0.3, 0.4) is 0 Å². The molecule has 0 bridgehead atoms. The molecule has 0 aliphatic carbocycles. The molecular weight excluding hydrogens is 445 g/mol. The number of hydrogen-bond donors (Lipinski definition) is 2. The highest BCUT2D eigenvalue weighted by Crippen LogP contribution is 2.33. The summed E-state index contributed by atoms with van der Waals surface area (Å²) >= 11 is 0. The van der Waals surface area contributed by atoms with Crippen LogP contribution in [0.25, 0.3) is 5.69 Å². The fourth-order valence-corrected chi connectivity index (χ4v) is 2.89. The van der Waals surface area contributed by atoms with E-state index in [0.717, 1.165) is 18.2 Å². The van der Waals surface area contributed by atoms with E-state index in [2.05, 4.69) is 15.4 Å². The molecule has 2 aromatic carbocycles. The maximum absolute atomic E-state index is 13.1. The molecule has 0 aliphatic rings. The molecule has 0 radical (unpaired) electrons. The number of ether oxygens (including phenoxy) is 2. The molecule has 3 rings (SSSR count). The first-order valence-electron chi connectivity index (χ1n) is 9.55. The molecule has 9 nitrogen and oxygen atoms in total. The molecule has 1 heterocycles. The van der Waals surface area contributed by atoms with Crippen LogP contribution in [0.4, 0.5) is 18.9 Å². The first-order valence-corrected chi connectivity index (χ1v) is 9.55. The van der Waals surface area contributed by atoms with Gasteiger partial charge in [0.15, 0.2) is 18.1 Å². The summed E-state index contributed by atoms with van der Waals surface area (Å²) in [4.78, 5) is 27.9. The standard InChI is InChI=1S/C21H19F3N4O5/c1-32-18-6-2-13(8-17(18)29)3-7-20(31)33-10-19(30)27-15-9-14(21(22,23)24)4-5-16(15)28-12-25-11-26-28/h2,4-6,8-9,11-12,29H,3,7,10H2,1H3,(H,27,30). The number of amides is 1. The van der Waals surface area contributed by atoms with Crippen molar-refractivity contribution in [2.45, 2.75) is 19.0 Å². The normalized spacial score (nSPS) is 11.2. The van der Waals surface area contributed by atoms with Crippen molar-refractivity contribution in [1.29, 1.82) is 0 Å². The summed E-state index contributed by atoms with van der Waals surface area (Å²) in [6, 6.07) is 7.40. The topological polar surface area (TPSA) is 116 Å². The summed E-state index contributed by atoms with van der Waals surface area (Å²) in [7, 11) is 1.41. The fraction of sp³-hybridized carbons (Fsp3) is 0.238. The van der Waals surface area contributed by atoms with E-state index < -0.39 is 30.2 Å². The Labute approximate surface area is 185 Å². The summed E-state index contributed by atoms with van der Waals surface area (Å²) in [6.07, 6.45) is -2.01. The van der Waals surface area contributed by atoms with Gasteiger partial charge in [0.2, 0.25) is 0 Å². The quantitative estimate of drug-likeness (QED) is 0.492. The van der Waals surface area contributed by atoms with E-state index in [1.165, 1.54) is 30.5 Å². The number of halogens is 3. The molecule has 12 heteroatoms. The molecular formula is C21H19F3N4O5. The molecule has 0 aliphatic heterocycles. The molecule has 0 spiro atoms. The minimum atomic E-state index is -4.62. The molecule has 0 fully saturated rings. The van der Waals surface area contributed by atoms with Gasteiger partial charge in [-0.05, 0) is 42.3 Å². The van der Waals surface area contributed by atoms with Crippen LogP contribution in [0.15, 0.2) is 49.1 Å². The molecule has 1 amide bonds. The minimum Gasteiger partial charge on any atom is -0.504 e. The van der Waals surface area contributed by atoms with Crippen molar-refractivity contribution < 1.29 is 37.3 Å². The third kappa shape index (κ3) is 6.21. The zero-order valence-corrected chi connectivity index (χ0v) is 17.3. The third-order valence-corrected chi connectivity index (χ3v) is 4.49. The zero-order valence-electron chi connectivity index (χ0n) is 17.3. The van der Waals surface area contributed by atoms with Gasteiger partial charge < -0.3 is 19.9 Å². The van der Waals surface area contributed by atoms with Crippen LogP contribution in [-0.2, 0) is 26.9 Å². The highest BCUT2D eigenvalue weighted by molar-refractivity contribution is 5.94. The monoisotopic (exact) mass is 464 g/mol. The highest BCUT2D eigenvalue weighted by Gasteiger charge is 2.31. The van der Waals surface area contributed by atoms with Crippen LogP contribution in [0.2, 0.25) is 0 Å². The molecule has 174 valence electrons. The number of nitrogens with zero attached hydrogens (tertiary/aromatic N) is 3. The number of hydrogen-bond acceptors (Lipinski definition) is 7. The Morgan fingerprint density at radius 2 is 1.97 bits per heavy atom. The summed E-state index contributed by atoms with van der Waals surface area (Å²) < 4.78 is 50.3. The number of aryl methyl sites for hydroxylation is 1. The van der Waals surface area contributed by atoms with Gasteiger partial charge in [-0.25, -0.2) is 9.67 Å². The average Bonchev–Trinajstić information content (AvgIpc) is 3.30. The van der Waals surface area contributed by atoms with Gasteiger partial charge in [0.25, 0.3) is 5.91 Å². The van der Waals surface area contributed by atoms with E-state index in [-0.39, 0.29) is 35.7 Å². The molecule has 0 saturated carbocycles. The van der Waals surface area contributed by atoms with E-state index >= 15 is 0 Å². The molecule has 3 aromatic rings. The number of phenolic OH excluding ortho intramolecular Hbond substituents is 1. The van der Waals surface area contributed by atoms with Crippen molar-refractivity contribution >= 4 is 17.6 Å². The number of rotatable bonds is 8. The van der Waals surface area contributed by atoms with Crippen LogP contribution in [-0.4, -0.2) is 45.5 Å². The lowest BCUT2D eigenvalue weighted by Crippen LogP contribution is -2.22. The van der Waals surface area contributed by atoms with E-state index in [1.807, 2.05) is 0 Å². The second-order valence-corrected chi connectivity index (χ2v) is 6.78. The average molecular weight is 464 g/mol. The van der Waals surface area contributed by atoms with Crippen LogP contribution in [0.5, 0.6) is 11.5 Å². The number of anilines is 1. The second-order valence-electron chi connectivity index (χ2n) is 6.78. The first-order chi connectivity index (χ1) is 15.7. The van der Waals surface area contributed by atoms with Gasteiger partial charge in [0.05, 0.1) is 24.0 Å². The van der Waals surface area contributed by atoms with Gasteiger partial charge in [-0.15, -0.1) is 0 Å². The van der Waals surface area contributed by atoms with Crippen molar-refractivity contribution in [2.75, 3.05) is 19.0 Å². The minimum absolute atomic E-state index is 0.0766. The van der Waals surface area contributed by atoms with E-state index in [9.17, 15) is 27.9 Å². The molecule has 33 heavy (non-hydrogen) atoms. The summed E-state index contributed by atoms with van der Waals surface area (Å²) in [5.74, 6) is -1.31. The molecule has 0 saturated heterocycles. The number of benzene rings is 2. The summed E-state index contributed by atoms with van der Waals surface area (Å²) in [6.45, 7) is -0.695. The Morgan fingerprint density at radius 1 is 1.18 bits per heavy atom. The van der Waals surface area contributed by atoms with Crippen molar-refractivity contribution in [3.63, 3.8) is 0 Å². The van der Waals surface area contributed by atoms with Crippen molar-refractivity contribution in [2.24, 2.45) is 0 Å². The fourth-order valence-electron chi connectivity index (χ4n) is 2.89. The van der Waals surface area contributed by atoms with E-state index in [4.69, 9.17) is 9.47 Å². The van der Waals surface area contributed by atoms with Crippen LogP contribution >= 0.6 is 0 Å². The number of nitrogens with one attached hydrogen (secondary N) is 1. The summed E-state index contributed by atoms with van der Waals surface area (Å²) in [5.41, 5.74) is -0.345. The number of aromatic hydroxyl groups is 1. The largest absolute Gasteiger partial charge is 0.504 e. The van der Waals surface area contributed by atoms with E-state index in [1.54, 1.807) is 12.1 Å². The number of aromatic nitrogens is 3. The highest BCUT2D eigenvalue weighted by atomic mass is 19.4. The number of esters is 1. The van der Waals surface area contributed by atoms with Crippen LogP contribution < -0.4 is 10.1 Å². The third-order valence-electron chi connectivity index (χ3n) is 4.49. The van der Waals surface area contributed by atoms with Crippen LogP contribution in [0, 0.1) is 0 Å². The van der Waals surface area contributed by atoms with Gasteiger partial charge in [-0.1, -0.05) is 6.07 Å². The molecule has 1 aromatic heterocycles. The molecule has 0 atom stereocenters. The Kier molecular flexibility index (Phi) is 7.16. The Hall–Kier alpha value is -4.09. The van der Waals surface area contributed by atoms with E-state index in [0.29, 0.717) is 5.56 Å². The SMILES string of the molecule is COc1ccc(CCC(=O)OCC(=O)Nc2cc(C(F)(F)F)ccc2-n2cncn2)cc1O. The first kappa shape index (κ1) is 23.6.